The van der Waals surface area contributed by atoms with E-state index in [1.807, 2.05) is 18.2 Å². The first-order valence-corrected chi connectivity index (χ1v) is 6.80. The zero-order chi connectivity index (χ0) is 12.4. The van der Waals surface area contributed by atoms with Crippen LogP contribution in [0.4, 0.5) is 0 Å². The standard InChI is InChI=1S/C16H16ClN/c17-15-4-1-3-14(11-15)12-6-8-13(9-7-12)16-5-2-10-18-16/h1,3-4,6-9,11,16,18H,2,5,10H2. The van der Waals surface area contributed by atoms with Crippen LogP contribution in [-0.2, 0) is 0 Å². The number of hydrogen-bond donors (Lipinski definition) is 1. The van der Waals surface area contributed by atoms with Crippen LogP contribution < -0.4 is 5.32 Å². The molecule has 1 N–H and O–H groups in total. The molecule has 0 spiro atoms. The van der Waals surface area contributed by atoms with Crippen molar-refractivity contribution in [3.8, 4) is 11.1 Å². The largest absolute Gasteiger partial charge is 0.310 e. The third kappa shape index (κ3) is 2.43. The summed E-state index contributed by atoms with van der Waals surface area (Å²) in [4.78, 5) is 0. The first-order valence-electron chi connectivity index (χ1n) is 6.42. The molecule has 1 saturated heterocycles. The van der Waals surface area contributed by atoms with Crippen LogP contribution in [0.15, 0.2) is 48.5 Å². The van der Waals surface area contributed by atoms with E-state index in [9.17, 15) is 0 Å². The molecule has 1 atom stereocenters. The van der Waals surface area contributed by atoms with E-state index in [4.69, 9.17) is 11.6 Å². The lowest BCUT2D eigenvalue weighted by Crippen LogP contribution is -2.12. The fourth-order valence-electron chi connectivity index (χ4n) is 2.54. The first-order chi connectivity index (χ1) is 8.83. The van der Waals surface area contributed by atoms with E-state index in [0.717, 1.165) is 11.6 Å². The molecule has 1 heterocycles. The SMILES string of the molecule is Clc1cccc(-c2ccc(C3CCCN3)cc2)c1. The minimum absolute atomic E-state index is 0.540. The Bertz CT molecular complexity index is 527. The summed E-state index contributed by atoms with van der Waals surface area (Å²) in [6.07, 6.45) is 2.53. The molecule has 92 valence electrons. The maximum Gasteiger partial charge on any atom is 0.0412 e. The highest BCUT2D eigenvalue weighted by atomic mass is 35.5. The number of rotatable bonds is 2. The molecular weight excluding hydrogens is 242 g/mol. The Morgan fingerprint density at radius 3 is 2.50 bits per heavy atom. The van der Waals surface area contributed by atoms with E-state index < -0.39 is 0 Å². The highest BCUT2D eigenvalue weighted by Gasteiger charge is 2.15. The Morgan fingerprint density at radius 1 is 1.00 bits per heavy atom. The molecule has 1 unspecified atom stereocenters. The van der Waals surface area contributed by atoms with Gasteiger partial charge in [-0.2, -0.15) is 0 Å². The summed E-state index contributed by atoms with van der Waals surface area (Å²) in [7, 11) is 0. The molecule has 3 rings (SSSR count). The van der Waals surface area contributed by atoms with E-state index in [1.165, 1.54) is 29.5 Å². The van der Waals surface area contributed by atoms with E-state index >= 15 is 0 Å². The van der Waals surface area contributed by atoms with E-state index in [1.54, 1.807) is 0 Å². The van der Waals surface area contributed by atoms with Gasteiger partial charge in [0.15, 0.2) is 0 Å². The van der Waals surface area contributed by atoms with Gasteiger partial charge >= 0.3 is 0 Å². The number of benzene rings is 2. The van der Waals surface area contributed by atoms with Crippen molar-refractivity contribution < 1.29 is 0 Å². The first kappa shape index (κ1) is 11.8. The zero-order valence-electron chi connectivity index (χ0n) is 10.2. The predicted molar refractivity (Wildman–Crippen MR) is 76.9 cm³/mol. The van der Waals surface area contributed by atoms with Crippen LogP contribution in [-0.4, -0.2) is 6.54 Å². The van der Waals surface area contributed by atoms with Gasteiger partial charge in [0.25, 0.3) is 0 Å². The molecule has 0 amide bonds. The van der Waals surface area contributed by atoms with Crippen LogP contribution in [0, 0.1) is 0 Å². The fourth-order valence-corrected chi connectivity index (χ4v) is 2.74. The summed E-state index contributed by atoms with van der Waals surface area (Å²) in [6.45, 7) is 1.14. The lowest BCUT2D eigenvalue weighted by atomic mass is 10.00. The molecule has 0 aromatic heterocycles. The van der Waals surface area contributed by atoms with Gasteiger partial charge in [-0.15, -0.1) is 0 Å². The smallest absolute Gasteiger partial charge is 0.0412 e. The minimum atomic E-state index is 0.540. The zero-order valence-corrected chi connectivity index (χ0v) is 11.0. The van der Waals surface area contributed by atoms with Crippen molar-refractivity contribution in [2.45, 2.75) is 18.9 Å². The molecule has 2 heteroatoms. The third-order valence-corrected chi connectivity index (χ3v) is 3.77. The minimum Gasteiger partial charge on any atom is -0.310 e. The van der Waals surface area contributed by atoms with Crippen molar-refractivity contribution in [3.05, 3.63) is 59.1 Å². The van der Waals surface area contributed by atoms with Crippen molar-refractivity contribution in [1.82, 2.24) is 5.32 Å². The summed E-state index contributed by atoms with van der Waals surface area (Å²) in [5, 5.41) is 4.31. The van der Waals surface area contributed by atoms with Crippen LogP contribution in [0.2, 0.25) is 5.02 Å². The molecule has 1 aliphatic heterocycles. The van der Waals surface area contributed by atoms with Gasteiger partial charge in [0.1, 0.15) is 0 Å². The van der Waals surface area contributed by atoms with Crippen molar-refractivity contribution in [2.75, 3.05) is 6.54 Å². The molecule has 1 aliphatic rings. The highest BCUT2D eigenvalue weighted by molar-refractivity contribution is 6.30. The van der Waals surface area contributed by atoms with Crippen LogP contribution in [0.1, 0.15) is 24.4 Å². The summed E-state index contributed by atoms with van der Waals surface area (Å²) >= 11 is 6.02. The Morgan fingerprint density at radius 2 is 1.83 bits per heavy atom. The van der Waals surface area contributed by atoms with Gasteiger partial charge in [-0.05, 0) is 48.2 Å². The van der Waals surface area contributed by atoms with Crippen molar-refractivity contribution in [2.24, 2.45) is 0 Å². The number of halogens is 1. The quantitative estimate of drug-likeness (QED) is 0.839. The second-order valence-corrected chi connectivity index (χ2v) is 5.22. The molecule has 0 aliphatic carbocycles. The summed E-state index contributed by atoms with van der Waals surface area (Å²) in [6, 6.07) is 17.3. The summed E-state index contributed by atoms with van der Waals surface area (Å²) in [5.74, 6) is 0. The lowest BCUT2D eigenvalue weighted by molar-refractivity contribution is 0.648. The molecule has 2 aromatic rings. The van der Waals surface area contributed by atoms with Crippen molar-refractivity contribution in [1.29, 1.82) is 0 Å². The maximum atomic E-state index is 6.02. The van der Waals surface area contributed by atoms with Crippen LogP contribution >= 0.6 is 11.6 Å². The summed E-state index contributed by atoms with van der Waals surface area (Å²) in [5.41, 5.74) is 3.78. The molecule has 0 bridgehead atoms. The van der Waals surface area contributed by atoms with Crippen LogP contribution in [0.3, 0.4) is 0 Å². The molecule has 2 aromatic carbocycles. The normalized spacial score (nSPS) is 19.1. The van der Waals surface area contributed by atoms with Gasteiger partial charge in [-0.25, -0.2) is 0 Å². The average molecular weight is 258 g/mol. The monoisotopic (exact) mass is 257 g/mol. The molecule has 0 radical (unpaired) electrons. The second-order valence-electron chi connectivity index (χ2n) is 4.78. The van der Waals surface area contributed by atoms with Crippen molar-refractivity contribution >= 4 is 11.6 Å². The Labute approximate surface area is 113 Å². The number of nitrogens with one attached hydrogen (secondary N) is 1. The fraction of sp³-hybridized carbons (Fsp3) is 0.250. The van der Waals surface area contributed by atoms with E-state index in [-0.39, 0.29) is 0 Å². The third-order valence-electron chi connectivity index (χ3n) is 3.53. The number of hydrogen-bond acceptors (Lipinski definition) is 1. The van der Waals surface area contributed by atoms with Gasteiger partial charge in [0, 0.05) is 11.1 Å². The Hall–Kier alpha value is -1.31. The molecule has 18 heavy (non-hydrogen) atoms. The molecular formula is C16H16ClN. The maximum absolute atomic E-state index is 6.02. The van der Waals surface area contributed by atoms with Gasteiger partial charge in [-0.1, -0.05) is 48.0 Å². The van der Waals surface area contributed by atoms with Crippen LogP contribution in [0.25, 0.3) is 11.1 Å². The Kier molecular flexibility index (Phi) is 3.35. The molecule has 0 saturated carbocycles. The van der Waals surface area contributed by atoms with Gasteiger partial charge in [-0.3, -0.25) is 0 Å². The Balaban J connectivity index is 1.86. The summed E-state index contributed by atoms with van der Waals surface area (Å²) < 4.78 is 0. The van der Waals surface area contributed by atoms with Gasteiger partial charge in [0.05, 0.1) is 0 Å². The average Bonchev–Trinajstić information content (AvgIpc) is 2.93. The van der Waals surface area contributed by atoms with Gasteiger partial charge in [0.2, 0.25) is 0 Å². The van der Waals surface area contributed by atoms with E-state index in [2.05, 4.69) is 35.6 Å². The molecule has 1 nitrogen and oxygen atoms in total. The molecule has 1 fully saturated rings. The van der Waals surface area contributed by atoms with Crippen molar-refractivity contribution in [3.63, 3.8) is 0 Å². The van der Waals surface area contributed by atoms with Gasteiger partial charge < -0.3 is 5.32 Å². The van der Waals surface area contributed by atoms with Crippen LogP contribution in [0.5, 0.6) is 0 Å². The van der Waals surface area contributed by atoms with E-state index in [0.29, 0.717) is 6.04 Å². The highest BCUT2D eigenvalue weighted by Crippen LogP contribution is 2.27. The second kappa shape index (κ2) is 5.13. The predicted octanol–water partition coefficient (Wildman–Crippen LogP) is 4.43. The topological polar surface area (TPSA) is 12.0 Å². The lowest BCUT2D eigenvalue weighted by Gasteiger charge is -2.11.